The van der Waals surface area contributed by atoms with Crippen molar-refractivity contribution in [2.24, 2.45) is 0 Å². The predicted octanol–water partition coefficient (Wildman–Crippen LogP) is 1.42. The smallest absolute Gasteiger partial charge is 0.191 e. The van der Waals surface area contributed by atoms with Gasteiger partial charge in [0.1, 0.15) is 5.88 Å². The molecule has 1 rings (SSSR count). The fraction of sp³-hybridized carbons (Fsp3) is 0.400. The molecule has 4 heteroatoms. The third-order valence-electron chi connectivity index (χ3n) is 1.78. The van der Waals surface area contributed by atoms with E-state index < -0.39 is 9.84 Å². The van der Waals surface area contributed by atoms with Crippen molar-refractivity contribution in [3.63, 3.8) is 0 Å². The third-order valence-corrected chi connectivity index (χ3v) is 3.32. The van der Waals surface area contributed by atoms with E-state index in [9.17, 15) is 8.42 Å². The molecule has 1 N–H and O–H groups in total. The van der Waals surface area contributed by atoms with Gasteiger partial charge in [0.2, 0.25) is 0 Å². The Labute approximate surface area is 85.1 Å². The van der Waals surface area contributed by atoms with Gasteiger partial charge in [0.25, 0.3) is 0 Å². The lowest BCUT2D eigenvalue weighted by Crippen LogP contribution is -2.29. The molecule has 78 valence electrons. The highest BCUT2D eigenvalue weighted by molar-refractivity contribution is 7.91. The lowest BCUT2D eigenvalue weighted by Gasteiger charge is -2.08. The molecule has 1 aromatic rings. The maximum Gasteiger partial charge on any atom is 0.191 e. The zero-order valence-electron chi connectivity index (χ0n) is 8.40. The van der Waals surface area contributed by atoms with Crippen LogP contribution in [0, 0.1) is 0 Å². The van der Waals surface area contributed by atoms with E-state index >= 15 is 0 Å². The van der Waals surface area contributed by atoms with Crippen LogP contribution < -0.4 is 5.32 Å². The Bertz CT molecular complexity index is 370. The molecule has 0 saturated heterocycles. The van der Waals surface area contributed by atoms with Gasteiger partial charge in [-0.15, -0.1) is 0 Å². The molecule has 0 unspecified atom stereocenters. The van der Waals surface area contributed by atoms with E-state index in [2.05, 4.69) is 5.32 Å². The number of sulfone groups is 1. The van der Waals surface area contributed by atoms with E-state index in [0.29, 0.717) is 4.90 Å². The maximum atomic E-state index is 11.7. The zero-order chi connectivity index (χ0) is 10.6. The Kier molecular flexibility index (Phi) is 3.66. The molecule has 0 amide bonds. The molecule has 0 saturated carbocycles. The van der Waals surface area contributed by atoms with Crippen molar-refractivity contribution < 1.29 is 8.42 Å². The first-order chi connectivity index (χ1) is 6.52. The standard InChI is InChI=1S/C10H15NO2S/c1-9(2)11-8-14(12,13)10-6-4-3-5-7-10/h3-7,9,11H,8H2,1-2H3. The van der Waals surface area contributed by atoms with Gasteiger partial charge in [0.15, 0.2) is 9.84 Å². The summed E-state index contributed by atoms with van der Waals surface area (Å²) >= 11 is 0. The van der Waals surface area contributed by atoms with Crippen LogP contribution in [0.4, 0.5) is 0 Å². The molecule has 0 radical (unpaired) electrons. The highest BCUT2D eigenvalue weighted by Gasteiger charge is 2.13. The Morgan fingerprint density at radius 1 is 1.21 bits per heavy atom. The first kappa shape index (κ1) is 11.2. The van der Waals surface area contributed by atoms with Crippen LogP contribution in [-0.4, -0.2) is 20.3 Å². The Morgan fingerprint density at radius 3 is 2.29 bits per heavy atom. The normalized spacial score (nSPS) is 11.9. The summed E-state index contributed by atoms with van der Waals surface area (Å²) in [7, 11) is -3.17. The SMILES string of the molecule is CC(C)NCS(=O)(=O)c1ccccc1. The summed E-state index contributed by atoms with van der Waals surface area (Å²) in [5.74, 6) is -0.00528. The molecule has 0 aromatic heterocycles. The van der Waals surface area contributed by atoms with Gasteiger partial charge in [-0.3, -0.25) is 0 Å². The molecule has 0 spiro atoms. The van der Waals surface area contributed by atoms with Gasteiger partial charge in [0.05, 0.1) is 4.90 Å². The summed E-state index contributed by atoms with van der Waals surface area (Å²) < 4.78 is 23.3. The lowest BCUT2D eigenvalue weighted by molar-refractivity contribution is 0.573. The largest absolute Gasteiger partial charge is 0.301 e. The fourth-order valence-electron chi connectivity index (χ4n) is 0.988. The van der Waals surface area contributed by atoms with Crippen molar-refractivity contribution in [3.8, 4) is 0 Å². The minimum absolute atomic E-state index is 0.00528. The Morgan fingerprint density at radius 2 is 1.79 bits per heavy atom. The van der Waals surface area contributed by atoms with Gasteiger partial charge in [-0.1, -0.05) is 18.2 Å². The molecular formula is C10H15NO2S. The van der Waals surface area contributed by atoms with Gasteiger partial charge in [-0.25, -0.2) is 8.42 Å². The van der Waals surface area contributed by atoms with Crippen LogP contribution in [0.25, 0.3) is 0 Å². The van der Waals surface area contributed by atoms with Gasteiger partial charge in [-0.05, 0) is 26.0 Å². The summed E-state index contributed by atoms with van der Waals surface area (Å²) in [6.07, 6.45) is 0. The minimum atomic E-state index is -3.17. The van der Waals surface area contributed by atoms with Gasteiger partial charge in [-0.2, -0.15) is 0 Å². The molecule has 0 bridgehead atoms. The third kappa shape index (κ3) is 3.12. The zero-order valence-corrected chi connectivity index (χ0v) is 9.21. The number of benzene rings is 1. The molecule has 0 heterocycles. The second kappa shape index (κ2) is 4.57. The topological polar surface area (TPSA) is 46.2 Å². The quantitative estimate of drug-likeness (QED) is 0.822. The molecule has 0 fully saturated rings. The average molecular weight is 213 g/mol. The summed E-state index contributed by atoms with van der Waals surface area (Å²) in [6.45, 7) is 3.83. The number of rotatable bonds is 4. The monoisotopic (exact) mass is 213 g/mol. The molecular weight excluding hydrogens is 198 g/mol. The van der Waals surface area contributed by atoms with Crippen LogP contribution in [0.15, 0.2) is 35.2 Å². The first-order valence-electron chi connectivity index (χ1n) is 4.53. The van der Waals surface area contributed by atoms with E-state index in [-0.39, 0.29) is 11.9 Å². The van der Waals surface area contributed by atoms with E-state index in [4.69, 9.17) is 0 Å². The first-order valence-corrected chi connectivity index (χ1v) is 6.19. The highest BCUT2D eigenvalue weighted by Crippen LogP contribution is 2.08. The second-order valence-corrected chi connectivity index (χ2v) is 5.42. The summed E-state index contributed by atoms with van der Waals surface area (Å²) in [5, 5.41) is 2.90. The number of hydrogen-bond acceptors (Lipinski definition) is 3. The van der Waals surface area contributed by atoms with Gasteiger partial charge in [0, 0.05) is 6.04 Å². The van der Waals surface area contributed by atoms with E-state index in [1.165, 1.54) is 0 Å². The van der Waals surface area contributed by atoms with E-state index in [1.807, 2.05) is 13.8 Å². The van der Waals surface area contributed by atoms with Crippen molar-refractivity contribution >= 4 is 9.84 Å². The average Bonchev–Trinajstić information content (AvgIpc) is 2.16. The van der Waals surface area contributed by atoms with Crippen molar-refractivity contribution in [2.75, 3.05) is 5.88 Å². The molecule has 0 aliphatic rings. The van der Waals surface area contributed by atoms with Crippen LogP contribution in [0.2, 0.25) is 0 Å². The molecule has 0 aliphatic carbocycles. The molecule has 3 nitrogen and oxygen atoms in total. The number of hydrogen-bond donors (Lipinski definition) is 1. The summed E-state index contributed by atoms with van der Waals surface area (Å²) in [5.41, 5.74) is 0. The predicted molar refractivity (Wildman–Crippen MR) is 56.8 cm³/mol. The number of nitrogens with one attached hydrogen (secondary N) is 1. The van der Waals surface area contributed by atoms with Crippen molar-refractivity contribution in [2.45, 2.75) is 24.8 Å². The maximum absolute atomic E-state index is 11.7. The van der Waals surface area contributed by atoms with Crippen LogP contribution in [0.5, 0.6) is 0 Å². The van der Waals surface area contributed by atoms with E-state index in [0.717, 1.165) is 0 Å². The Balaban J connectivity index is 2.77. The highest BCUT2D eigenvalue weighted by atomic mass is 32.2. The molecule has 1 aromatic carbocycles. The van der Waals surface area contributed by atoms with Crippen LogP contribution in [-0.2, 0) is 9.84 Å². The fourth-order valence-corrected chi connectivity index (χ4v) is 2.28. The minimum Gasteiger partial charge on any atom is -0.301 e. The van der Waals surface area contributed by atoms with Gasteiger partial charge >= 0.3 is 0 Å². The van der Waals surface area contributed by atoms with Gasteiger partial charge < -0.3 is 5.32 Å². The van der Waals surface area contributed by atoms with E-state index in [1.54, 1.807) is 30.3 Å². The molecule has 0 aliphatic heterocycles. The van der Waals surface area contributed by atoms with Crippen molar-refractivity contribution in [3.05, 3.63) is 30.3 Å². The molecule has 14 heavy (non-hydrogen) atoms. The van der Waals surface area contributed by atoms with Crippen molar-refractivity contribution in [1.82, 2.24) is 5.32 Å². The lowest BCUT2D eigenvalue weighted by atomic mass is 10.4. The summed E-state index contributed by atoms with van der Waals surface area (Å²) in [6, 6.07) is 8.64. The van der Waals surface area contributed by atoms with Crippen LogP contribution >= 0.6 is 0 Å². The summed E-state index contributed by atoms with van der Waals surface area (Å²) in [4.78, 5) is 0.369. The Hall–Kier alpha value is -0.870. The van der Waals surface area contributed by atoms with Crippen LogP contribution in [0.1, 0.15) is 13.8 Å². The second-order valence-electron chi connectivity index (χ2n) is 3.43. The van der Waals surface area contributed by atoms with Crippen LogP contribution in [0.3, 0.4) is 0 Å². The van der Waals surface area contributed by atoms with Crippen molar-refractivity contribution in [1.29, 1.82) is 0 Å². The molecule has 0 atom stereocenters.